The van der Waals surface area contributed by atoms with Crippen LogP contribution in [-0.4, -0.2) is 72.9 Å². The predicted octanol–water partition coefficient (Wildman–Crippen LogP) is -0.297. The zero-order valence-corrected chi connectivity index (χ0v) is 13.1. The van der Waals surface area contributed by atoms with Crippen molar-refractivity contribution >= 4 is 17.8 Å². The van der Waals surface area contributed by atoms with E-state index in [1.54, 1.807) is 0 Å². The largest absolute Gasteiger partial charge is 0.469 e. The van der Waals surface area contributed by atoms with Crippen molar-refractivity contribution in [3.05, 3.63) is 0 Å². The molecule has 1 aliphatic rings. The maximum atomic E-state index is 12.3. The minimum atomic E-state index is -1.50. The van der Waals surface area contributed by atoms with Crippen LogP contribution in [0.5, 0.6) is 0 Å². The first kappa shape index (κ1) is 18.4. The van der Waals surface area contributed by atoms with Crippen LogP contribution in [0.15, 0.2) is 0 Å². The van der Waals surface area contributed by atoms with Gasteiger partial charge in [-0.05, 0) is 12.8 Å². The average molecular weight is 316 g/mol. The standard InChI is InChI=1S/C14H24N2O6/c1-21-13(19)6-9-16(15-7-4-3-5-8-15)12(18)10-11(17)14(20)22-2/h11,17H,3-10H2,1-2H3. The lowest BCUT2D eigenvalue weighted by Gasteiger charge is -2.37. The number of carbonyl (C=O) groups is 3. The number of amides is 1. The van der Waals surface area contributed by atoms with Crippen LogP contribution >= 0.6 is 0 Å². The molecular formula is C14H24N2O6. The Morgan fingerprint density at radius 1 is 1.14 bits per heavy atom. The maximum Gasteiger partial charge on any atom is 0.335 e. The fraction of sp³-hybridized carbons (Fsp3) is 0.786. The van der Waals surface area contributed by atoms with Crippen LogP contribution in [0.4, 0.5) is 0 Å². The molecule has 0 aromatic carbocycles. The summed E-state index contributed by atoms with van der Waals surface area (Å²) >= 11 is 0. The van der Waals surface area contributed by atoms with Crippen LogP contribution in [0, 0.1) is 0 Å². The number of esters is 2. The zero-order chi connectivity index (χ0) is 16.5. The highest BCUT2D eigenvalue weighted by molar-refractivity contribution is 5.84. The average Bonchev–Trinajstić information content (AvgIpc) is 2.54. The second-order valence-corrected chi connectivity index (χ2v) is 5.10. The van der Waals surface area contributed by atoms with Crippen molar-refractivity contribution in [1.82, 2.24) is 10.0 Å². The van der Waals surface area contributed by atoms with Gasteiger partial charge < -0.3 is 14.6 Å². The molecule has 1 saturated heterocycles. The SMILES string of the molecule is COC(=O)CCN(C(=O)CC(O)C(=O)OC)N1CCCCC1. The highest BCUT2D eigenvalue weighted by atomic mass is 16.5. The van der Waals surface area contributed by atoms with Crippen molar-refractivity contribution in [1.29, 1.82) is 0 Å². The molecule has 0 aromatic rings. The van der Waals surface area contributed by atoms with Gasteiger partial charge in [0.15, 0.2) is 6.10 Å². The maximum absolute atomic E-state index is 12.3. The smallest absolute Gasteiger partial charge is 0.335 e. The van der Waals surface area contributed by atoms with Crippen LogP contribution in [0.2, 0.25) is 0 Å². The number of ether oxygens (including phenoxy) is 2. The number of nitrogens with zero attached hydrogens (tertiary/aromatic N) is 2. The van der Waals surface area contributed by atoms with Gasteiger partial charge in [-0.2, -0.15) is 0 Å². The monoisotopic (exact) mass is 316 g/mol. The summed E-state index contributed by atoms with van der Waals surface area (Å²) in [5.41, 5.74) is 0. The molecule has 0 spiro atoms. The molecule has 1 atom stereocenters. The molecule has 22 heavy (non-hydrogen) atoms. The third kappa shape index (κ3) is 5.61. The Morgan fingerprint density at radius 2 is 1.77 bits per heavy atom. The second kappa shape index (κ2) is 9.37. The van der Waals surface area contributed by atoms with E-state index < -0.39 is 23.9 Å². The molecule has 0 radical (unpaired) electrons. The van der Waals surface area contributed by atoms with Crippen LogP contribution in [-0.2, 0) is 23.9 Å². The van der Waals surface area contributed by atoms with Crippen LogP contribution < -0.4 is 0 Å². The molecule has 0 bridgehead atoms. The molecule has 0 aliphatic carbocycles. The van der Waals surface area contributed by atoms with E-state index in [0.717, 1.165) is 26.4 Å². The lowest BCUT2D eigenvalue weighted by molar-refractivity contribution is -0.162. The Hall–Kier alpha value is -1.67. The second-order valence-electron chi connectivity index (χ2n) is 5.10. The van der Waals surface area contributed by atoms with Gasteiger partial charge in [-0.3, -0.25) is 14.6 Å². The van der Waals surface area contributed by atoms with Gasteiger partial charge >= 0.3 is 11.9 Å². The van der Waals surface area contributed by atoms with Crippen molar-refractivity contribution in [3.63, 3.8) is 0 Å². The molecule has 1 fully saturated rings. The van der Waals surface area contributed by atoms with Crippen LogP contribution in [0.25, 0.3) is 0 Å². The lowest BCUT2D eigenvalue weighted by atomic mass is 10.1. The molecule has 8 heteroatoms. The van der Waals surface area contributed by atoms with E-state index in [4.69, 9.17) is 0 Å². The first-order chi connectivity index (χ1) is 10.5. The fourth-order valence-electron chi connectivity index (χ4n) is 2.33. The van der Waals surface area contributed by atoms with Gasteiger partial charge in [-0.1, -0.05) is 6.42 Å². The molecule has 126 valence electrons. The molecule has 1 rings (SSSR count). The molecule has 1 aliphatic heterocycles. The number of rotatable bonds is 7. The number of hydrazine groups is 1. The van der Waals surface area contributed by atoms with Crippen molar-refractivity contribution in [2.24, 2.45) is 0 Å². The minimum Gasteiger partial charge on any atom is -0.469 e. The molecular weight excluding hydrogens is 292 g/mol. The van der Waals surface area contributed by atoms with Gasteiger partial charge in [0.2, 0.25) is 5.91 Å². The number of piperidine rings is 1. The summed E-state index contributed by atoms with van der Waals surface area (Å²) in [4.78, 5) is 34.9. The van der Waals surface area contributed by atoms with Gasteiger partial charge in [-0.25, -0.2) is 9.80 Å². The van der Waals surface area contributed by atoms with Crippen LogP contribution in [0.3, 0.4) is 0 Å². The van der Waals surface area contributed by atoms with E-state index in [-0.39, 0.29) is 19.4 Å². The highest BCUT2D eigenvalue weighted by Crippen LogP contribution is 2.14. The topological polar surface area (TPSA) is 96.4 Å². The zero-order valence-electron chi connectivity index (χ0n) is 13.1. The quantitative estimate of drug-likeness (QED) is 0.644. The molecule has 1 amide bonds. The van der Waals surface area contributed by atoms with Crippen LogP contribution in [0.1, 0.15) is 32.1 Å². The van der Waals surface area contributed by atoms with Gasteiger partial charge in [0.25, 0.3) is 0 Å². The van der Waals surface area contributed by atoms with Gasteiger partial charge in [0, 0.05) is 19.6 Å². The van der Waals surface area contributed by atoms with Crippen molar-refractivity contribution in [3.8, 4) is 0 Å². The summed E-state index contributed by atoms with van der Waals surface area (Å²) in [6.07, 6.45) is 1.21. The van der Waals surface area contributed by atoms with Gasteiger partial charge in [0.05, 0.1) is 27.1 Å². The Balaban J connectivity index is 2.67. The first-order valence-electron chi connectivity index (χ1n) is 7.37. The number of hydrogen-bond acceptors (Lipinski definition) is 7. The summed E-state index contributed by atoms with van der Waals surface area (Å²) < 4.78 is 8.99. The summed E-state index contributed by atoms with van der Waals surface area (Å²) in [5, 5.41) is 12.9. The molecule has 1 heterocycles. The molecule has 1 unspecified atom stereocenters. The number of aliphatic hydroxyl groups is 1. The Morgan fingerprint density at radius 3 is 2.32 bits per heavy atom. The van der Waals surface area contributed by atoms with E-state index in [1.807, 2.05) is 5.01 Å². The van der Waals surface area contributed by atoms with Crippen molar-refractivity contribution < 1.29 is 29.0 Å². The fourth-order valence-corrected chi connectivity index (χ4v) is 2.33. The molecule has 8 nitrogen and oxygen atoms in total. The highest BCUT2D eigenvalue weighted by Gasteiger charge is 2.28. The summed E-state index contributed by atoms with van der Waals surface area (Å²) in [6.45, 7) is 1.59. The Kier molecular flexibility index (Phi) is 7.83. The van der Waals surface area contributed by atoms with E-state index in [9.17, 15) is 19.5 Å². The third-order valence-electron chi connectivity index (χ3n) is 3.56. The first-order valence-corrected chi connectivity index (χ1v) is 7.37. The summed E-state index contributed by atoms with van der Waals surface area (Å²) in [6, 6.07) is 0. The molecule has 0 aromatic heterocycles. The van der Waals surface area contributed by atoms with Crippen molar-refractivity contribution in [2.45, 2.75) is 38.2 Å². The lowest BCUT2D eigenvalue weighted by Crippen LogP contribution is -2.50. The number of aliphatic hydroxyl groups excluding tert-OH is 1. The summed E-state index contributed by atoms with van der Waals surface area (Å²) in [7, 11) is 2.44. The van der Waals surface area contributed by atoms with Gasteiger partial charge in [0.1, 0.15) is 0 Å². The summed E-state index contributed by atoms with van der Waals surface area (Å²) in [5.74, 6) is -1.67. The van der Waals surface area contributed by atoms with E-state index in [2.05, 4.69) is 9.47 Å². The minimum absolute atomic E-state index is 0.0626. The Bertz CT molecular complexity index is 395. The van der Waals surface area contributed by atoms with E-state index >= 15 is 0 Å². The number of hydrogen-bond donors (Lipinski definition) is 1. The molecule has 0 saturated carbocycles. The van der Waals surface area contributed by atoms with Crippen molar-refractivity contribution in [2.75, 3.05) is 33.9 Å². The van der Waals surface area contributed by atoms with Gasteiger partial charge in [-0.15, -0.1) is 0 Å². The number of methoxy groups -OCH3 is 2. The number of carbonyl (C=O) groups excluding carboxylic acids is 3. The van der Waals surface area contributed by atoms with E-state index in [1.165, 1.54) is 12.1 Å². The Labute approximate surface area is 129 Å². The predicted molar refractivity (Wildman–Crippen MR) is 76.4 cm³/mol. The van der Waals surface area contributed by atoms with E-state index in [0.29, 0.717) is 13.1 Å². The normalized spacial score (nSPS) is 16.7. The third-order valence-corrected chi connectivity index (χ3v) is 3.56. The molecule has 1 N–H and O–H groups in total.